The van der Waals surface area contributed by atoms with Crippen LogP contribution < -0.4 is 4.57 Å². The molecule has 1 radical (unpaired) electrons. The van der Waals surface area contributed by atoms with Crippen LogP contribution in [0, 0.1) is 14.0 Å². The van der Waals surface area contributed by atoms with Gasteiger partial charge in [-0.05, 0) is 13.8 Å². The predicted octanol–water partition coefficient (Wildman–Crippen LogP) is 2.89. The average molecular weight is 439 g/mol. The van der Waals surface area contributed by atoms with Crippen molar-refractivity contribution in [1.29, 1.82) is 0 Å². The number of aliphatic hydroxyl groups is 1. The van der Waals surface area contributed by atoms with E-state index < -0.39 is 0 Å². The molecular weight excluding hydrogens is 418 g/mol. The van der Waals surface area contributed by atoms with Gasteiger partial charge in [0.25, 0.3) is 0 Å². The molecule has 0 saturated heterocycles. The predicted molar refractivity (Wildman–Crippen MR) is 73.5 cm³/mol. The average Bonchev–Trinajstić information content (AvgIpc) is 2.19. The zero-order chi connectivity index (χ0) is 14.1. The molecule has 0 unspecified atom stereocenters. The summed E-state index contributed by atoms with van der Waals surface area (Å²) in [6, 6.07) is 5.93. The van der Waals surface area contributed by atoms with Gasteiger partial charge in [-0.15, -0.1) is 0 Å². The third-order valence-corrected chi connectivity index (χ3v) is 1.78. The van der Waals surface area contributed by atoms with Gasteiger partial charge in [-0.3, -0.25) is 4.79 Å². The Morgan fingerprint density at radius 2 is 1.89 bits per heavy atom. The Kier molecular flexibility index (Phi) is 10.9. The molecule has 1 N–H and O–H groups in total. The van der Waals surface area contributed by atoms with Crippen LogP contribution in [0.25, 0.3) is 6.08 Å². The van der Waals surface area contributed by atoms with E-state index in [1.807, 2.05) is 42.0 Å². The molecule has 0 saturated carbocycles. The van der Waals surface area contributed by atoms with Gasteiger partial charge in [0.1, 0.15) is 0 Å². The second-order valence-electron chi connectivity index (χ2n) is 3.98. The maximum Gasteiger partial charge on any atom is 0.155 e. The monoisotopic (exact) mass is 439 g/mol. The maximum atomic E-state index is 10.0. The topological polar surface area (TPSA) is 41.2 Å². The molecule has 0 atom stereocenters. The van der Waals surface area contributed by atoms with Crippen LogP contribution in [-0.2, 0) is 24.9 Å². The number of aromatic nitrogens is 1. The summed E-state index contributed by atoms with van der Waals surface area (Å²) in [7, 11) is 3.82. The number of nitrogens with zero attached hydrogens (tertiary/aromatic N) is 1. The molecular formula is C15H20IrNO2-. The molecule has 0 fully saturated rings. The second-order valence-corrected chi connectivity index (χ2v) is 3.98. The first-order valence-electron chi connectivity index (χ1n) is 5.52. The van der Waals surface area contributed by atoms with Crippen molar-refractivity contribution in [3.63, 3.8) is 0 Å². The van der Waals surface area contributed by atoms with E-state index in [1.165, 1.54) is 19.9 Å². The molecule has 1 rings (SSSR count). The van der Waals surface area contributed by atoms with Gasteiger partial charge in [0.15, 0.2) is 5.78 Å². The van der Waals surface area contributed by atoms with Gasteiger partial charge in [0.2, 0.25) is 0 Å². The minimum atomic E-state index is -0.125. The standard InChI is InChI=1S/C10H12N.C5H8O2.Ir/c1-9(2)8-10-6-4-5-7-11(10)3;1-4(6)3-5(2)7;/h4-8H,1,3H2,2H3;3,6H,1-2H3;/q-1;;. The van der Waals surface area contributed by atoms with Crippen molar-refractivity contribution in [1.82, 2.24) is 0 Å². The Morgan fingerprint density at radius 3 is 2.21 bits per heavy atom. The van der Waals surface area contributed by atoms with E-state index in [9.17, 15) is 4.79 Å². The molecule has 19 heavy (non-hydrogen) atoms. The number of ketones is 1. The van der Waals surface area contributed by atoms with E-state index in [0.29, 0.717) is 0 Å². The number of aliphatic hydroxyl groups excluding tert-OH is 1. The minimum Gasteiger partial charge on any atom is -0.512 e. The number of carbonyl (C=O) groups excluding carboxylic acids is 1. The fraction of sp³-hybridized carbons (Fsp3) is 0.200. The van der Waals surface area contributed by atoms with Crippen LogP contribution in [-0.4, -0.2) is 10.9 Å². The largest absolute Gasteiger partial charge is 0.512 e. The SMILES string of the molecule is CC(=O)C=C(C)O.[CH2-]C(C)=Cc1cccc[n+]1[CH2-].[Ir]. The van der Waals surface area contributed by atoms with Crippen LogP contribution in [0.2, 0.25) is 0 Å². The number of hydrogen-bond donors (Lipinski definition) is 1. The van der Waals surface area contributed by atoms with E-state index in [4.69, 9.17) is 5.11 Å². The van der Waals surface area contributed by atoms with E-state index in [0.717, 1.165) is 11.3 Å². The van der Waals surface area contributed by atoms with Crippen LogP contribution in [0.5, 0.6) is 0 Å². The molecule has 1 heterocycles. The van der Waals surface area contributed by atoms with Crippen LogP contribution >= 0.6 is 0 Å². The van der Waals surface area contributed by atoms with E-state index in [1.54, 1.807) is 0 Å². The number of allylic oxidation sites excluding steroid dienone is 3. The fourth-order valence-electron chi connectivity index (χ4n) is 1.17. The first kappa shape index (κ1) is 19.8. The fourth-order valence-corrected chi connectivity index (χ4v) is 1.17. The quantitative estimate of drug-likeness (QED) is 0.334. The minimum absolute atomic E-state index is 0. The Balaban J connectivity index is 0. The Labute approximate surface area is 129 Å². The second kappa shape index (κ2) is 10.4. The molecule has 4 heteroatoms. The molecule has 0 aliphatic rings. The van der Waals surface area contributed by atoms with Gasteiger partial charge >= 0.3 is 0 Å². The van der Waals surface area contributed by atoms with Crippen molar-refractivity contribution in [3.05, 3.63) is 61.5 Å². The van der Waals surface area contributed by atoms with Crippen molar-refractivity contribution in [3.8, 4) is 0 Å². The summed E-state index contributed by atoms with van der Waals surface area (Å²) in [5.74, 6) is -0.0625. The zero-order valence-corrected chi connectivity index (χ0v) is 13.9. The Hall–Kier alpha value is -1.51. The van der Waals surface area contributed by atoms with Crippen molar-refractivity contribution >= 4 is 11.9 Å². The van der Waals surface area contributed by atoms with E-state index >= 15 is 0 Å². The van der Waals surface area contributed by atoms with Crippen molar-refractivity contribution < 1.29 is 34.6 Å². The summed E-state index contributed by atoms with van der Waals surface area (Å²) in [6.45, 7) is 8.61. The summed E-state index contributed by atoms with van der Waals surface area (Å²) in [6.07, 6.45) is 5.07. The molecule has 107 valence electrons. The van der Waals surface area contributed by atoms with Gasteiger partial charge in [0, 0.05) is 38.9 Å². The Morgan fingerprint density at radius 1 is 1.32 bits per heavy atom. The normalized spacial score (nSPS) is 10.9. The molecule has 0 bridgehead atoms. The Bertz CT molecular complexity index is 457. The van der Waals surface area contributed by atoms with Crippen LogP contribution in [0.3, 0.4) is 0 Å². The number of hydrogen-bond acceptors (Lipinski definition) is 2. The van der Waals surface area contributed by atoms with Crippen LogP contribution in [0.1, 0.15) is 26.5 Å². The van der Waals surface area contributed by atoms with Gasteiger partial charge in [0.05, 0.1) is 12.0 Å². The number of pyridine rings is 1. The first-order valence-corrected chi connectivity index (χ1v) is 5.52. The van der Waals surface area contributed by atoms with Gasteiger partial charge in [-0.25, -0.2) is 12.5 Å². The molecule has 3 nitrogen and oxygen atoms in total. The van der Waals surface area contributed by atoms with Crippen molar-refractivity contribution in [2.75, 3.05) is 0 Å². The molecule has 0 amide bonds. The van der Waals surface area contributed by atoms with Crippen molar-refractivity contribution in [2.45, 2.75) is 20.8 Å². The third kappa shape index (κ3) is 11.3. The summed E-state index contributed by atoms with van der Waals surface area (Å²) in [5.41, 5.74) is 2.11. The third-order valence-electron chi connectivity index (χ3n) is 1.78. The summed E-state index contributed by atoms with van der Waals surface area (Å²) in [5, 5.41) is 8.36. The molecule has 0 spiro atoms. The van der Waals surface area contributed by atoms with Gasteiger partial charge < -0.3 is 9.67 Å². The zero-order valence-electron chi connectivity index (χ0n) is 11.5. The van der Waals surface area contributed by atoms with Gasteiger partial charge in [-0.2, -0.15) is 6.08 Å². The summed E-state index contributed by atoms with van der Waals surface area (Å²) in [4.78, 5) is 10.0. The number of rotatable bonds is 2. The van der Waals surface area contributed by atoms with Crippen LogP contribution in [0.15, 0.2) is 41.8 Å². The molecule has 1 aromatic heterocycles. The molecule has 0 aromatic carbocycles. The summed E-state index contributed by atoms with van der Waals surface area (Å²) >= 11 is 0. The van der Waals surface area contributed by atoms with E-state index in [2.05, 4.69) is 14.0 Å². The van der Waals surface area contributed by atoms with Crippen LogP contribution in [0.4, 0.5) is 0 Å². The maximum absolute atomic E-state index is 10.0. The summed E-state index contributed by atoms with van der Waals surface area (Å²) < 4.78 is 1.81. The smallest absolute Gasteiger partial charge is 0.155 e. The van der Waals surface area contributed by atoms with Crippen molar-refractivity contribution in [2.24, 2.45) is 0 Å². The molecule has 0 aliphatic heterocycles. The molecule has 1 aromatic rings. The number of carbonyl (C=O) groups is 1. The van der Waals surface area contributed by atoms with Gasteiger partial charge in [-0.1, -0.05) is 25.1 Å². The molecule has 0 aliphatic carbocycles. The van der Waals surface area contributed by atoms with E-state index in [-0.39, 0.29) is 31.6 Å². The first-order chi connectivity index (χ1) is 8.32.